The van der Waals surface area contributed by atoms with Gasteiger partial charge in [-0.25, -0.2) is 9.97 Å². The quantitative estimate of drug-likeness (QED) is 0.723. The number of nitrogens with zero attached hydrogens (tertiary/aromatic N) is 5. The largest absolute Gasteiger partial charge is 0.476 e. The summed E-state index contributed by atoms with van der Waals surface area (Å²) < 4.78 is 5.79. The molecule has 1 aromatic carbocycles. The van der Waals surface area contributed by atoms with Crippen molar-refractivity contribution in [2.24, 2.45) is 5.92 Å². The number of hydrogen-bond acceptors (Lipinski definition) is 6. The first-order valence-electron chi connectivity index (χ1n) is 8.78. The molecular weight excluding hydrogens is 326 g/mol. The summed E-state index contributed by atoms with van der Waals surface area (Å²) in [6, 6.07) is 13.5. The summed E-state index contributed by atoms with van der Waals surface area (Å²) in [6.45, 7) is 2.44. The number of benzene rings is 1. The maximum Gasteiger partial charge on any atom is 0.231 e. The Labute approximate surface area is 152 Å². The lowest BCUT2D eigenvalue weighted by Crippen LogP contribution is -2.36. The number of fused-ring (bicyclic) bond motifs is 1. The van der Waals surface area contributed by atoms with E-state index < -0.39 is 0 Å². The topological polar surface area (TPSA) is 74.9 Å². The zero-order valence-corrected chi connectivity index (χ0v) is 14.4. The minimum Gasteiger partial charge on any atom is -0.476 e. The highest BCUT2D eigenvalue weighted by molar-refractivity contribution is 5.75. The molecule has 0 unspecified atom stereocenters. The summed E-state index contributed by atoms with van der Waals surface area (Å²) in [5.41, 5.74) is 2.33. The predicted molar refractivity (Wildman–Crippen MR) is 98.9 cm³/mol. The number of hydrogen-bond donors (Lipinski definition) is 0. The summed E-state index contributed by atoms with van der Waals surface area (Å²) in [7, 11) is 0. The van der Waals surface area contributed by atoms with Gasteiger partial charge in [-0.2, -0.15) is 5.26 Å². The van der Waals surface area contributed by atoms with Gasteiger partial charge in [0.25, 0.3) is 0 Å². The molecule has 0 bridgehead atoms. The van der Waals surface area contributed by atoms with Crippen LogP contribution in [0.15, 0.2) is 48.8 Å². The van der Waals surface area contributed by atoms with Crippen LogP contribution >= 0.6 is 0 Å². The molecule has 0 atom stereocenters. The average molecular weight is 345 g/mol. The number of para-hydroxylation sites is 2. The molecule has 6 nitrogen and oxygen atoms in total. The Morgan fingerprint density at radius 2 is 1.88 bits per heavy atom. The van der Waals surface area contributed by atoms with Crippen molar-refractivity contribution >= 4 is 16.9 Å². The van der Waals surface area contributed by atoms with Crippen LogP contribution in [0.3, 0.4) is 0 Å². The highest BCUT2D eigenvalue weighted by atomic mass is 16.5. The molecule has 2 aromatic heterocycles. The predicted octanol–water partition coefficient (Wildman–Crippen LogP) is 3.19. The van der Waals surface area contributed by atoms with E-state index in [2.05, 4.69) is 20.9 Å². The van der Waals surface area contributed by atoms with Crippen molar-refractivity contribution in [1.29, 1.82) is 5.26 Å². The van der Waals surface area contributed by atoms with Crippen molar-refractivity contribution in [3.63, 3.8) is 0 Å². The van der Waals surface area contributed by atoms with E-state index in [1.807, 2.05) is 30.5 Å². The van der Waals surface area contributed by atoms with Gasteiger partial charge in [0, 0.05) is 19.3 Å². The van der Waals surface area contributed by atoms with Crippen LogP contribution in [0.1, 0.15) is 18.4 Å². The second-order valence-electron chi connectivity index (χ2n) is 6.43. The van der Waals surface area contributed by atoms with Gasteiger partial charge in [0.1, 0.15) is 17.5 Å². The number of anilines is 1. The monoisotopic (exact) mass is 345 g/mol. The van der Waals surface area contributed by atoms with E-state index in [1.165, 1.54) is 0 Å². The van der Waals surface area contributed by atoms with Gasteiger partial charge >= 0.3 is 0 Å². The Balaban J connectivity index is 1.35. The smallest absolute Gasteiger partial charge is 0.231 e. The van der Waals surface area contributed by atoms with E-state index in [-0.39, 0.29) is 0 Å². The molecule has 0 N–H and O–H groups in total. The second-order valence-corrected chi connectivity index (χ2v) is 6.43. The third-order valence-electron chi connectivity index (χ3n) is 4.72. The van der Waals surface area contributed by atoms with Gasteiger partial charge in [-0.1, -0.05) is 12.1 Å². The lowest BCUT2D eigenvalue weighted by atomic mass is 9.98. The molecule has 0 aliphatic carbocycles. The lowest BCUT2D eigenvalue weighted by molar-refractivity contribution is 0.215. The zero-order valence-electron chi connectivity index (χ0n) is 14.4. The average Bonchev–Trinajstić information content (AvgIpc) is 2.72. The number of aromatic nitrogens is 3. The van der Waals surface area contributed by atoms with Crippen LogP contribution in [0.5, 0.6) is 5.88 Å². The minimum atomic E-state index is 0.429. The molecule has 3 heterocycles. The Morgan fingerprint density at radius 1 is 1.08 bits per heavy atom. The molecule has 26 heavy (non-hydrogen) atoms. The van der Waals surface area contributed by atoms with E-state index in [0.29, 0.717) is 24.0 Å². The van der Waals surface area contributed by atoms with Crippen molar-refractivity contribution in [2.75, 3.05) is 24.6 Å². The number of piperidine rings is 1. The van der Waals surface area contributed by atoms with E-state index >= 15 is 0 Å². The van der Waals surface area contributed by atoms with Crippen LogP contribution in [0, 0.1) is 17.2 Å². The van der Waals surface area contributed by atoms with Crippen LogP contribution in [0.4, 0.5) is 5.82 Å². The summed E-state index contributed by atoms with van der Waals surface area (Å²) in [5.74, 6) is 1.81. The highest BCUT2D eigenvalue weighted by Gasteiger charge is 2.21. The molecule has 3 aromatic rings. The Bertz CT molecular complexity index is 944. The van der Waals surface area contributed by atoms with Crippen LogP contribution in [0.2, 0.25) is 0 Å². The first-order valence-corrected chi connectivity index (χ1v) is 8.78. The molecule has 0 radical (unpaired) electrons. The van der Waals surface area contributed by atoms with Crippen LogP contribution in [-0.2, 0) is 0 Å². The van der Waals surface area contributed by atoms with Crippen molar-refractivity contribution in [2.45, 2.75) is 12.8 Å². The van der Waals surface area contributed by atoms with E-state index in [0.717, 1.165) is 42.8 Å². The number of ether oxygens (including phenoxy) is 1. The molecule has 0 saturated carbocycles. The summed E-state index contributed by atoms with van der Waals surface area (Å²) in [4.78, 5) is 15.7. The first kappa shape index (κ1) is 16.3. The van der Waals surface area contributed by atoms with Gasteiger partial charge in [-0.05, 0) is 43.0 Å². The van der Waals surface area contributed by atoms with Crippen molar-refractivity contribution in [3.05, 3.63) is 54.4 Å². The fourth-order valence-corrected chi connectivity index (χ4v) is 3.22. The standard InChI is InChI=1S/C20H19N5O/c21-12-16-4-3-9-22-20(16)26-14-15-7-10-25(11-8-15)19-13-23-17-5-1-2-6-18(17)24-19/h1-6,9,13,15H,7-8,10-11,14H2. The normalized spacial score (nSPS) is 15.0. The summed E-state index contributed by atoms with van der Waals surface area (Å²) in [6.07, 6.45) is 5.54. The van der Waals surface area contributed by atoms with Gasteiger partial charge in [0.05, 0.1) is 23.8 Å². The molecule has 1 saturated heterocycles. The lowest BCUT2D eigenvalue weighted by Gasteiger charge is -2.32. The van der Waals surface area contributed by atoms with Crippen molar-refractivity contribution in [1.82, 2.24) is 15.0 Å². The third-order valence-corrected chi connectivity index (χ3v) is 4.72. The zero-order chi connectivity index (χ0) is 17.8. The molecular formula is C20H19N5O. The third kappa shape index (κ3) is 3.42. The van der Waals surface area contributed by atoms with Crippen molar-refractivity contribution < 1.29 is 4.74 Å². The van der Waals surface area contributed by atoms with Gasteiger partial charge < -0.3 is 9.64 Å². The highest BCUT2D eigenvalue weighted by Crippen LogP contribution is 2.24. The van der Waals surface area contributed by atoms with Crippen molar-refractivity contribution in [3.8, 4) is 11.9 Å². The maximum absolute atomic E-state index is 9.10. The molecule has 4 rings (SSSR count). The first-order chi connectivity index (χ1) is 12.8. The summed E-state index contributed by atoms with van der Waals surface area (Å²) >= 11 is 0. The second kappa shape index (κ2) is 7.36. The number of nitriles is 1. The van der Waals surface area contributed by atoms with Crippen LogP contribution < -0.4 is 9.64 Å². The Morgan fingerprint density at radius 3 is 2.69 bits per heavy atom. The number of rotatable bonds is 4. The SMILES string of the molecule is N#Cc1cccnc1OCC1CCN(c2cnc3ccccc3n2)CC1. The molecule has 1 aliphatic rings. The van der Waals surface area contributed by atoms with E-state index in [4.69, 9.17) is 15.0 Å². The molecule has 0 spiro atoms. The van der Waals surface area contributed by atoms with Gasteiger partial charge in [-0.3, -0.25) is 4.98 Å². The fourth-order valence-electron chi connectivity index (χ4n) is 3.22. The van der Waals surface area contributed by atoms with Gasteiger partial charge in [0.15, 0.2) is 0 Å². The van der Waals surface area contributed by atoms with Crippen LogP contribution in [0.25, 0.3) is 11.0 Å². The molecule has 1 aliphatic heterocycles. The number of pyridine rings is 1. The maximum atomic E-state index is 9.10. The molecule has 0 amide bonds. The van der Waals surface area contributed by atoms with E-state index in [9.17, 15) is 0 Å². The summed E-state index contributed by atoms with van der Waals surface area (Å²) in [5, 5.41) is 9.10. The Hall–Kier alpha value is -3.20. The Kier molecular flexibility index (Phi) is 4.61. The molecule has 1 fully saturated rings. The minimum absolute atomic E-state index is 0.429. The van der Waals surface area contributed by atoms with Crippen LogP contribution in [-0.4, -0.2) is 34.6 Å². The van der Waals surface area contributed by atoms with Gasteiger partial charge in [-0.15, -0.1) is 0 Å². The van der Waals surface area contributed by atoms with Gasteiger partial charge in [0.2, 0.25) is 5.88 Å². The molecule has 130 valence electrons. The van der Waals surface area contributed by atoms with E-state index in [1.54, 1.807) is 18.3 Å². The fraction of sp³-hybridized carbons (Fsp3) is 0.300. The molecule has 6 heteroatoms.